The van der Waals surface area contributed by atoms with Crippen LogP contribution in [0, 0.1) is 0 Å². The Labute approximate surface area is 115 Å². The molecule has 5 heteroatoms. The molecule has 3 N–H and O–H groups in total. The molecular weight excluding hydrogens is 256 g/mol. The van der Waals surface area contributed by atoms with Gasteiger partial charge in [0.1, 0.15) is 5.75 Å². The van der Waals surface area contributed by atoms with Crippen LogP contribution in [0.2, 0.25) is 0 Å². The Bertz CT molecular complexity index is 710. The summed E-state index contributed by atoms with van der Waals surface area (Å²) < 4.78 is 0. The van der Waals surface area contributed by atoms with Crippen molar-refractivity contribution in [3.8, 4) is 5.75 Å². The molecule has 0 saturated carbocycles. The smallest absolute Gasteiger partial charge is 0.261 e. The molecule has 20 heavy (non-hydrogen) atoms. The zero-order valence-corrected chi connectivity index (χ0v) is 10.5. The van der Waals surface area contributed by atoms with Crippen molar-refractivity contribution < 1.29 is 14.7 Å². The fourth-order valence-corrected chi connectivity index (χ4v) is 2.23. The van der Waals surface area contributed by atoms with Crippen LogP contribution in [0.5, 0.6) is 5.75 Å². The highest BCUT2D eigenvalue weighted by Crippen LogP contribution is 2.25. The van der Waals surface area contributed by atoms with Crippen LogP contribution in [0.1, 0.15) is 26.3 Å². The van der Waals surface area contributed by atoms with Gasteiger partial charge < -0.3 is 10.4 Å². The van der Waals surface area contributed by atoms with Crippen molar-refractivity contribution in [1.29, 1.82) is 0 Å². The molecule has 0 spiro atoms. The highest BCUT2D eigenvalue weighted by atomic mass is 16.3. The molecule has 0 radical (unpaired) electrons. The number of benzene rings is 2. The number of hydrogen-bond acceptors (Lipinski definition) is 4. The molecule has 1 aliphatic heterocycles. The number of carbonyl (C=O) groups is 2. The van der Waals surface area contributed by atoms with Crippen LogP contribution in [0.3, 0.4) is 0 Å². The monoisotopic (exact) mass is 268 g/mol. The van der Waals surface area contributed by atoms with E-state index in [4.69, 9.17) is 0 Å². The van der Waals surface area contributed by atoms with Gasteiger partial charge in [-0.2, -0.15) is 0 Å². The summed E-state index contributed by atoms with van der Waals surface area (Å²) in [4.78, 5) is 23.3. The standard InChI is InChI=1S/C15H12N2O3/c18-10-4-1-3-9(7-10)8-16-12-6-2-5-11-13(12)15(20)17-14(11)19/h1-7,16,18H,8H2,(H,17,19,20). The van der Waals surface area contributed by atoms with E-state index in [1.807, 2.05) is 6.07 Å². The Kier molecular flexibility index (Phi) is 2.87. The van der Waals surface area contributed by atoms with E-state index < -0.39 is 0 Å². The Morgan fingerprint density at radius 2 is 1.85 bits per heavy atom. The van der Waals surface area contributed by atoms with Gasteiger partial charge in [0.2, 0.25) is 0 Å². The SMILES string of the molecule is O=C1NC(=O)c2c(NCc3cccc(O)c3)cccc21. The molecule has 1 aliphatic rings. The number of nitrogens with one attached hydrogen (secondary N) is 2. The maximum atomic E-state index is 11.8. The maximum absolute atomic E-state index is 11.8. The van der Waals surface area contributed by atoms with Gasteiger partial charge in [0, 0.05) is 12.2 Å². The molecule has 2 amide bonds. The van der Waals surface area contributed by atoms with E-state index in [1.54, 1.807) is 36.4 Å². The quantitative estimate of drug-likeness (QED) is 0.743. The highest BCUT2D eigenvalue weighted by molar-refractivity contribution is 6.23. The second kappa shape index (κ2) is 4.70. The number of phenolic OH excluding ortho intramolecular Hbond substituents is 1. The minimum absolute atomic E-state index is 0.190. The van der Waals surface area contributed by atoms with Gasteiger partial charge in [-0.1, -0.05) is 18.2 Å². The molecule has 5 nitrogen and oxygen atoms in total. The molecule has 1 heterocycles. The molecular formula is C15H12N2O3. The number of imide groups is 1. The van der Waals surface area contributed by atoms with Crippen molar-refractivity contribution >= 4 is 17.5 Å². The lowest BCUT2D eigenvalue weighted by Crippen LogP contribution is -2.20. The highest BCUT2D eigenvalue weighted by Gasteiger charge is 2.28. The van der Waals surface area contributed by atoms with E-state index in [9.17, 15) is 14.7 Å². The van der Waals surface area contributed by atoms with Gasteiger partial charge in [-0.15, -0.1) is 0 Å². The van der Waals surface area contributed by atoms with Crippen molar-refractivity contribution in [2.24, 2.45) is 0 Å². The molecule has 0 saturated heterocycles. The molecule has 0 fully saturated rings. The van der Waals surface area contributed by atoms with Crippen LogP contribution in [0.15, 0.2) is 42.5 Å². The van der Waals surface area contributed by atoms with Crippen molar-refractivity contribution in [1.82, 2.24) is 5.32 Å². The third kappa shape index (κ3) is 2.09. The minimum atomic E-state index is -0.385. The molecule has 3 rings (SSSR count). The number of hydrogen-bond donors (Lipinski definition) is 3. The first-order valence-electron chi connectivity index (χ1n) is 6.15. The van der Waals surface area contributed by atoms with Gasteiger partial charge in [0.15, 0.2) is 0 Å². The summed E-state index contributed by atoms with van der Waals surface area (Å²) in [5, 5.41) is 14.8. The van der Waals surface area contributed by atoms with E-state index in [2.05, 4.69) is 10.6 Å². The maximum Gasteiger partial charge on any atom is 0.261 e. The average Bonchev–Trinajstić information content (AvgIpc) is 2.73. The Morgan fingerprint density at radius 1 is 1.05 bits per heavy atom. The zero-order valence-electron chi connectivity index (χ0n) is 10.5. The molecule has 0 bridgehead atoms. The lowest BCUT2D eigenvalue weighted by Gasteiger charge is -2.09. The molecule has 100 valence electrons. The van der Waals surface area contributed by atoms with Crippen molar-refractivity contribution in [2.45, 2.75) is 6.54 Å². The summed E-state index contributed by atoms with van der Waals surface area (Å²) in [6.07, 6.45) is 0. The van der Waals surface area contributed by atoms with Gasteiger partial charge in [0.25, 0.3) is 11.8 Å². The number of carbonyl (C=O) groups excluding carboxylic acids is 2. The second-order valence-electron chi connectivity index (χ2n) is 4.53. The Hall–Kier alpha value is -2.82. The van der Waals surface area contributed by atoms with Crippen LogP contribution in [-0.4, -0.2) is 16.9 Å². The van der Waals surface area contributed by atoms with Crippen LogP contribution in [-0.2, 0) is 6.54 Å². The third-order valence-electron chi connectivity index (χ3n) is 3.16. The van der Waals surface area contributed by atoms with E-state index in [1.165, 1.54) is 0 Å². The summed E-state index contributed by atoms with van der Waals surface area (Å²) in [5.74, 6) is -0.564. The van der Waals surface area contributed by atoms with Crippen LogP contribution >= 0.6 is 0 Å². The molecule has 0 aromatic heterocycles. The topological polar surface area (TPSA) is 78.4 Å². The van der Waals surface area contributed by atoms with E-state index in [0.29, 0.717) is 23.4 Å². The number of aromatic hydroxyl groups is 1. The zero-order chi connectivity index (χ0) is 14.1. The van der Waals surface area contributed by atoms with Crippen LogP contribution < -0.4 is 10.6 Å². The largest absolute Gasteiger partial charge is 0.508 e. The molecule has 0 atom stereocenters. The van der Waals surface area contributed by atoms with Gasteiger partial charge in [-0.3, -0.25) is 14.9 Å². The van der Waals surface area contributed by atoms with Crippen molar-refractivity contribution in [3.05, 3.63) is 59.2 Å². The number of amides is 2. The second-order valence-corrected chi connectivity index (χ2v) is 4.53. The summed E-state index contributed by atoms with van der Waals surface area (Å²) >= 11 is 0. The van der Waals surface area contributed by atoms with Crippen LogP contribution in [0.25, 0.3) is 0 Å². The first-order chi connectivity index (χ1) is 9.65. The van der Waals surface area contributed by atoms with Gasteiger partial charge in [-0.05, 0) is 29.8 Å². The first kappa shape index (κ1) is 12.2. The lowest BCUT2D eigenvalue weighted by molar-refractivity contribution is 0.0880. The molecule has 0 aliphatic carbocycles. The van der Waals surface area contributed by atoms with E-state index >= 15 is 0 Å². The Morgan fingerprint density at radius 3 is 2.65 bits per heavy atom. The number of anilines is 1. The summed E-state index contributed by atoms with van der Waals surface area (Å²) in [6, 6.07) is 11.9. The first-order valence-corrected chi connectivity index (χ1v) is 6.15. The molecule has 2 aromatic rings. The summed E-state index contributed by atoms with van der Waals surface area (Å²) in [7, 11) is 0. The van der Waals surface area contributed by atoms with Gasteiger partial charge >= 0.3 is 0 Å². The number of rotatable bonds is 3. The minimum Gasteiger partial charge on any atom is -0.508 e. The third-order valence-corrected chi connectivity index (χ3v) is 3.16. The fourth-order valence-electron chi connectivity index (χ4n) is 2.23. The normalized spacial score (nSPS) is 13.0. The summed E-state index contributed by atoms with van der Waals surface area (Å²) in [6.45, 7) is 0.451. The summed E-state index contributed by atoms with van der Waals surface area (Å²) in [5.41, 5.74) is 2.25. The number of fused-ring (bicyclic) bond motifs is 1. The van der Waals surface area contributed by atoms with Crippen molar-refractivity contribution in [3.63, 3.8) is 0 Å². The van der Waals surface area contributed by atoms with Gasteiger partial charge in [0.05, 0.1) is 11.1 Å². The molecule has 2 aromatic carbocycles. The van der Waals surface area contributed by atoms with E-state index in [-0.39, 0.29) is 17.6 Å². The fraction of sp³-hybridized carbons (Fsp3) is 0.0667. The predicted octanol–water partition coefficient (Wildman–Crippen LogP) is 1.89. The van der Waals surface area contributed by atoms with E-state index in [0.717, 1.165) is 5.56 Å². The molecule has 0 unspecified atom stereocenters. The number of phenols is 1. The predicted molar refractivity (Wildman–Crippen MR) is 73.7 cm³/mol. The Balaban J connectivity index is 1.86. The van der Waals surface area contributed by atoms with Gasteiger partial charge in [-0.25, -0.2) is 0 Å². The average molecular weight is 268 g/mol. The lowest BCUT2D eigenvalue weighted by atomic mass is 10.1. The van der Waals surface area contributed by atoms with Crippen molar-refractivity contribution in [2.75, 3.05) is 5.32 Å². The van der Waals surface area contributed by atoms with Crippen LogP contribution in [0.4, 0.5) is 5.69 Å².